The van der Waals surface area contributed by atoms with Crippen molar-refractivity contribution in [3.8, 4) is 5.75 Å². The molecule has 0 fully saturated rings. The zero-order chi connectivity index (χ0) is 12.0. The largest absolute Gasteiger partial charge is 0.496 e. The number of allylic oxidation sites excluding steroid dienone is 2. The van der Waals surface area contributed by atoms with E-state index >= 15 is 0 Å². The van der Waals surface area contributed by atoms with Gasteiger partial charge in [-0.3, -0.25) is 0 Å². The van der Waals surface area contributed by atoms with E-state index in [4.69, 9.17) is 10.5 Å². The third-order valence-corrected chi connectivity index (χ3v) is 2.94. The summed E-state index contributed by atoms with van der Waals surface area (Å²) in [5.74, 6) is 0.907. The van der Waals surface area contributed by atoms with Crippen molar-refractivity contribution in [2.75, 3.05) is 13.7 Å². The van der Waals surface area contributed by atoms with Crippen LogP contribution in [0.2, 0.25) is 0 Å². The Bertz CT molecular complexity index is 374. The normalized spacial score (nSPS) is 11.6. The van der Waals surface area contributed by atoms with Gasteiger partial charge in [-0.1, -0.05) is 22.0 Å². The second kappa shape index (κ2) is 6.71. The monoisotopic (exact) mass is 283 g/mol. The van der Waals surface area contributed by atoms with E-state index in [9.17, 15) is 0 Å². The summed E-state index contributed by atoms with van der Waals surface area (Å²) in [7, 11) is 1.69. The summed E-state index contributed by atoms with van der Waals surface area (Å²) < 4.78 is 6.41. The van der Waals surface area contributed by atoms with Crippen molar-refractivity contribution in [3.63, 3.8) is 0 Å². The number of methoxy groups -OCH3 is 1. The Kier molecular flexibility index (Phi) is 5.56. The van der Waals surface area contributed by atoms with E-state index in [2.05, 4.69) is 35.0 Å². The van der Waals surface area contributed by atoms with E-state index in [1.165, 1.54) is 5.57 Å². The smallest absolute Gasteiger partial charge is 0.126 e. The van der Waals surface area contributed by atoms with Gasteiger partial charge in [0.05, 0.1) is 7.11 Å². The van der Waals surface area contributed by atoms with Crippen molar-refractivity contribution in [1.29, 1.82) is 0 Å². The number of ether oxygens (including phenoxy) is 1. The zero-order valence-corrected chi connectivity index (χ0v) is 11.4. The molecule has 1 rings (SSSR count). The minimum absolute atomic E-state index is 0.736. The molecule has 2 N–H and O–H groups in total. The predicted octanol–water partition coefficient (Wildman–Crippen LogP) is 3.60. The molecule has 0 aromatic heterocycles. The summed E-state index contributed by atoms with van der Waals surface area (Å²) >= 11 is 3.47. The average Bonchev–Trinajstić information content (AvgIpc) is 2.29. The molecule has 0 atom stereocenters. The van der Waals surface area contributed by atoms with Crippen LogP contribution in [0.4, 0.5) is 0 Å². The molecular weight excluding hydrogens is 266 g/mol. The Balaban J connectivity index is 2.92. The lowest BCUT2D eigenvalue weighted by atomic mass is 10.0. The first-order valence-corrected chi connectivity index (χ1v) is 6.19. The number of hydrogen-bond acceptors (Lipinski definition) is 2. The van der Waals surface area contributed by atoms with E-state index in [1.807, 2.05) is 12.1 Å². The minimum Gasteiger partial charge on any atom is -0.496 e. The van der Waals surface area contributed by atoms with Crippen molar-refractivity contribution >= 4 is 21.5 Å². The molecule has 0 amide bonds. The van der Waals surface area contributed by atoms with Crippen LogP contribution in [0, 0.1) is 0 Å². The van der Waals surface area contributed by atoms with E-state index in [1.54, 1.807) is 7.11 Å². The molecule has 0 heterocycles. The van der Waals surface area contributed by atoms with Crippen molar-refractivity contribution in [1.82, 2.24) is 0 Å². The number of halogens is 1. The van der Waals surface area contributed by atoms with Crippen LogP contribution in [0.3, 0.4) is 0 Å². The lowest BCUT2D eigenvalue weighted by Gasteiger charge is -2.09. The Morgan fingerprint density at radius 3 is 2.88 bits per heavy atom. The molecule has 0 unspecified atom stereocenters. The van der Waals surface area contributed by atoms with Gasteiger partial charge in [-0.15, -0.1) is 0 Å². The van der Waals surface area contributed by atoms with Crippen LogP contribution >= 0.6 is 15.9 Å². The van der Waals surface area contributed by atoms with Gasteiger partial charge >= 0.3 is 0 Å². The van der Waals surface area contributed by atoms with Gasteiger partial charge in [-0.25, -0.2) is 0 Å². The van der Waals surface area contributed by atoms with E-state index in [0.717, 1.165) is 35.2 Å². The first-order valence-electron chi connectivity index (χ1n) is 5.39. The molecule has 3 heteroatoms. The predicted molar refractivity (Wildman–Crippen MR) is 72.6 cm³/mol. The fourth-order valence-corrected chi connectivity index (χ4v) is 1.90. The highest BCUT2D eigenvalue weighted by molar-refractivity contribution is 9.10. The standard InChI is InChI=1S/C13H18BrNO/c1-10(5-3-4-8-15)12-9-11(14)6-7-13(12)16-2/h5-7,9H,3-4,8,15H2,1-2H3/b10-5+. The van der Waals surface area contributed by atoms with E-state index in [-0.39, 0.29) is 0 Å². The Labute approximate surface area is 106 Å². The molecule has 0 aliphatic rings. The van der Waals surface area contributed by atoms with Gasteiger partial charge in [0.1, 0.15) is 5.75 Å². The van der Waals surface area contributed by atoms with Gasteiger partial charge in [0, 0.05) is 10.0 Å². The molecule has 88 valence electrons. The quantitative estimate of drug-likeness (QED) is 0.838. The number of unbranched alkanes of at least 4 members (excludes halogenated alkanes) is 1. The summed E-state index contributed by atoms with van der Waals surface area (Å²) in [4.78, 5) is 0. The summed E-state index contributed by atoms with van der Waals surface area (Å²) in [5, 5.41) is 0. The third kappa shape index (κ3) is 3.65. The molecule has 2 nitrogen and oxygen atoms in total. The molecule has 0 bridgehead atoms. The average molecular weight is 284 g/mol. The van der Waals surface area contributed by atoms with Crippen molar-refractivity contribution in [3.05, 3.63) is 34.3 Å². The number of nitrogens with two attached hydrogens (primary N) is 1. The van der Waals surface area contributed by atoms with Gasteiger partial charge in [0.15, 0.2) is 0 Å². The van der Waals surface area contributed by atoms with Crippen molar-refractivity contribution in [2.45, 2.75) is 19.8 Å². The van der Waals surface area contributed by atoms with Crippen LogP contribution in [-0.4, -0.2) is 13.7 Å². The van der Waals surface area contributed by atoms with Crippen LogP contribution < -0.4 is 10.5 Å². The van der Waals surface area contributed by atoms with Crippen LogP contribution in [0.25, 0.3) is 5.57 Å². The van der Waals surface area contributed by atoms with Crippen LogP contribution in [0.15, 0.2) is 28.7 Å². The van der Waals surface area contributed by atoms with Gasteiger partial charge in [-0.2, -0.15) is 0 Å². The molecule has 0 radical (unpaired) electrons. The molecular formula is C13H18BrNO. The van der Waals surface area contributed by atoms with Gasteiger partial charge in [0.25, 0.3) is 0 Å². The van der Waals surface area contributed by atoms with Crippen molar-refractivity contribution in [2.24, 2.45) is 5.73 Å². The van der Waals surface area contributed by atoms with Gasteiger partial charge < -0.3 is 10.5 Å². The highest BCUT2D eigenvalue weighted by atomic mass is 79.9. The molecule has 16 heavy (non-hydrogen) atoms. The molecule has 0 saturated heterocycles. The maximum absolute atomic E-state index is 5.47. The first-order chi connectivity index (χ1) is 7.69. The van der Waals surface area contributed by atoms with Crippen LogP contribution in [-0.2, 0) is 0 Å². The lowest BCUT2D eigenvalue weighted by Crippen LogP contribution is -1.97. The number of benzene rings is 1. The van der Waals surface area contributed by atoms with E-state index in [0.29, 0.717) is 0 Å². The molecule has 0 aliphatic heterocycles. The van der Waals surface area contributed by atoms with Gasteiger partial charge in [-0.05, 0) is 50.1 Å². The molecule has 1 aromatic carbocycles. The zero-order valence-electron chi connectivity index (χ0n) is 9.79. The molecule has 0 aliphatic carbocycles. The Hall–Kier alpha value is -0.800. The summed E-state index contributed by atoms with van der Waals surface area (Å²) in [6, 6.07) is 6.03. The van der Waals surface area contributed by atoms with Gasteiger partial charge in [0.2, 0.25) is 0 Å². The molecule has 0 saturated carbocycles. The van der Waals surface area contributed by atoms with Crippen molar-refractivity contribution < 1.29 is 4.74 Å². The van der Waals surface area contributed by atoms with Crippen LogP contribution in [0.1, 0.15) is 25.3 Å². The first kappa shape index (κ1) is 13.3. The highest BCUT2D eigenvalue weighted by Crippen LogP contribution is 2.29. The second-order valence-electron chi connectivity index (χ2n) is 3.66. The maximum Gasteiger partial charge on any atom is 0.126 e. The third-order valence-electron chi connectivity index (χ3n) is 2.45. The van der Waals surface area contributed by atoms with Crippen LogP contribution in [0.5, 0.6) is 5.75 Å². The summed E-state index contributed by atoms with van der Waals surface area (Å²) in [6.07, 6.45) is 4.24. The number of hydrogen-bond donors (Lipinski definition) is 1. The minimum atomic E-state index is 0.736. The molecule has 0 spiro atoms. The highest BCUT2D eigenvalue weighted by Gasteiger charge is 2.04. The topological polar surface area (TPSA) is 35.2 Å². The SMILES string of the molecule is COc1ccc(Br)cc1/C(C)=C/CCCN. The maximum atomic E-state index is 5.47. The molecule has 1 aromatic rings. The Morgan fingerprint density at radius 1 is 1.50 bits per heavy atom. The second-order valence-corrected chi connectivity index (χ2v) is 4.58. The fourth-order valence-electron chi connectivity index (χ4n) is 1.53. The summed E-state index contributed by atoms with van der Waals surface area (Å²) in [5.41, 5.74) is 7.83. The Morgan fingerprint density at radius 2 is 2.25 bits per heavy atom. The fraction of sp³-hybridized carbons (Fsp3) is 0.385. The van der Waals surface area contributed by atoms with E-state index < -0.39 is 0 Å². The lowest BCUT2D eigenvalue weighted by molar-refractivity contribution is 0.413. The number of rotatable bonds is 5. The summed E-state index contributed by atoms with van der Waals surface area (Å²) in [6.45, 7) is 2.83.